The zero-order valence-electron chi connectivity index (χ0n) is 23.3. The second-order valence-corrected chi connectivity index (χ2v) is 9.43. The van der Waals surface area contributed by atoms with Gasteiger partial charge in [0.05, 0.1) is 66.1 Å². The molecular weight excluding hydrogens is 710 g/mol. The fourth-order valence-corrected chi connectivity index (χ4v) is 4.61. The van der Waals surface area contributed by atoms with Crippen LogP contribution in [0.5, 0.6) is 0 Å². The molecule has 0 spiro atoms. The largest absolute Gasteiger partial charge is 0.417 e. The fourth-order valence-electron chi connectivity index (χ4n) is 4.61. The van der Waals surface area contributed by atoms with Gasteiger partial charge in [-0.15, -0.1) is 0 Å². The number of hydrogen-bond acceptors (Lipinski definition) is 6. The van der Waals surface area contributed by atoms with Crippen LogP contribution in [0.25, 0.3) is 11.1 Å². The van der Waals surface area contributed by atoms with Gasteiger partial charge in [-0.1, -0.05) is 0 Å². The van der Waals surface area contributed by atoms with E-state index in [1.807, 2.05) is 0 Å². The van der Waals surface area contributed by atoms with Crippen molar-refractivity contribution in [2.45, 2.75) is 24.7 Å². The molecule has 0 saturated heterocycles. The van der Waals surface area contributed by atoms with E-state index in [1.165, 1.54) is 0 Å². The van der Waals surface area contributed by atoms with Gasteiger partial charge in [0, 0.05) is 0 Å². The number of rotatable bonds is 2. The van der Waals surface area contributed by atoms with E-state index in [1.54, 1.807) is 0 Å². The van der Waals surface area contributed by atoms with Gasteiger partial charge in [0.2, 0.25) is 0 Å². The van der Waals surface area contributed by atoms with Crippen LogP contribution in [0.1, 0.15) is 55.6 Å². The van der Waals surface area contributed by atoms with Gasteiger partial charge in [-0.3, -0.25) is 0 Å². The Morgan fingerprint density at radius 3 is 0.780 bits per heavy atom. The molecule has 3 rings (SSSR count). The quantitative estimate of drug-likeness (QED) is 0.263. The van der Waals surface area contributed by atoms with Gasteiger partial charge in [0.25, 0.3) is 0 Å². The highest BCUT2D eigenvalue weighted by Crippen LogP contribution is 2.42. The highest BCUT2D eigenvalue weighted by molar-refractivity contribution is 5.82. The van der Waals surface area contributed by atoms with Gasteiger partial charge in [0.1, 0.15) is 36.4 Å². The van der Waals surface area contributed by atoms with E-state index < -0.39 is 114 Å². The molecule has 252 valence electrons. The molecule has 0 heterocycles. The topological polar surface area (TPSA) is 143 Å². The minimum atomic E-state index is -5.76. The number of benzene rings is 3. The minimum Gasteiger partial charge on any atom is -0.205 e. The Balaban J connectivity index is 2.79. The molecule has 3 aromatic carbocycles. The van der Waals surface area contributed by atoms with E-state index in [0.29, 0.717) is 12.1 Å². The van der Waals surface area contributed by atoms with Crippen molar-refractivity contribution in [1.29, 1.82) is 31.6 Å². The molecule has 0 aliphatic carbocycles. The molecule has 20 heteroatoms. The lowest BCUT2D eigenvalue weighted by Gasteiger charge is -2.17. The first-order valence-electron chi connectivity index (χ1n) is 12.3. The maximum absolute atomic E-state index is 16.0. The summed E-state index contributed by atoms with van der Waals surface area (Å²) >= 11 is 0. The van der Waals surface area contributed by atoms with Crippen LogP contribution in [-0.2, 0) is 24.7 Å². The van der Waals surface area contributed by atoms with Crippen LogP contribution >= 0.6 is 0 Å². The molecule has 0 bridgehead atoms. The van der Waals surface area contributed by atoms with Crippen molar-refractivity contribution >= 4 is 11.1 Å². The van der Waals surface area contributed by atoms with Gasteiger partial charge in [-0.05, 0) is 35.4 Å². The molecule has 0 amide bonds. The summed E-state index contributed by atoms with van der Waals surface area (Å²) in [6, 6.07) is 3.99. The maximum atomic E-state index is 16.0. The number of alkyl halides is 12. The molecule has 0 saturated carbocycles. The number of hydrogen-bond donors (Lipinski definition) is 0. The molecule has 0 fully saturated rings. The standard InChI is InChI=1S/C30H4F14N6/c31-25-18(10-50)24(14(6-46)12-3-21(29(39,40)41)16(8-48)22(4-12)30(42,43)44)26(32)17(9-49)23(25)13(5-45)11-1-19(27(33,34)35)15(7-47)20(2-11)28(36,37)38/h1-4H/b23-13-,24-14-. The number of nitriles is 6. The summed E-state index contributed by atoms with van der Waals surface area (Å²) in [4.78, 5) is 0. The van der Waals surface area contributed by atoms with Crippen molar-refractivity contribution in [2.75, 3.05) is 0 Å². The molecule has 0 radical (unpaired) electrons. The van der Waals surface area contributed by atoms with Crippen LogP contribution in [0.15, 0.2) is 24.3 Å². The first-order valence-corrected chi connectivity index (χ1v) is 12.3. The molecular formula is C30H4F14N6. The molecule has 0 aromatic heterocycles. The van der Waals surface area contributed by atoms with E-state index in [9.17, 15) is 73.7 Å². The van der Waals surface area contributed by atoms with Crippen LogP contribution in [0.3, 0.4) is 0 Å². The van der Waals surface area contributed by atoms with Gasteiger partial charge in [-0.25, -0.2) is 8.78 Å². The number of halogens is 14. The van der Waals surface area contributed by atoms with E-state index in [-0.39, 0.29) is 24.3 Å². The third-order valence-electron chi connectivity index (χ3n) is 6.62. The SMILES string of the molecule is N#C/C(c1cc(C(F)(F)F)c(C#N)c(C(F)(F)F)c1)=c1/c(F)c(C#N)/c(=C(\C#N)c2cc(C(F)(F)F)c(C#N)c(C(F)(F)F)c2)c(F)c1C#N. The van der Waals surface area contributed by atoms with Crippen molar-refractivity contribution in [3.8, 4) is 36.4 Å². The lowest BCUT2D eigenvalue weighted by atomic mass is 9.89. The Morgan fingerprint density at radius 2 is 0.620 bits per heavy atom. The lowest BCUT2D eigenvalue weighted by molar-refractivity contribution is -0.145. The molecule has 0 atom stereocenters. The van der Waals surface area contributed by atoms with E-state index in [0.717, 1.165) is 24.3 Å². The van der Waals surface area contributed by atoms with Gasteiger partial charge < -0.3 is 0 Å². The molecule has 0 N–H and O–H groups in total. The Labute approximate surface area is 267 Å². The Hall–Kier alpha value is -6.64. The first-order chi connectivity index (χ1) is 22.9. The average molecular weight is 714 g/mol. The van der Waals surface area contributed by atoms with E-state index in [2.05, 4.69) is 0 Å². The molecule has 0 aliphatic heterocycles. The summed E-state index contributed by atoms with van der Waals surface area (Å²) in [5.41, 5.74) is -23.6. The van der Waals surface area contributed by atoms with Crippen molar-refractivity contribution in [3.63, 3.8) is 0 Å². The van der Waals surface area contributed by atoms with Crippen LogP contribution < -0.4 is 10.4 Å². The van der Waals surface area contributed by atoms with Crippen LogP contribution in [0.4, 0.5) is 61.5 Å². The maximum Gasteiger partial charge on any atom is 0.417 e. The van der Waals surface area contributed by atoms with Crippen LogP contribution in [0.2, 0.25) is 0 Å². The Morgan fingerprint density at radius 1 is 0.400 bits per heavy atom. The minimum absolute atomic E-state index is 0.272. The third kappa shape index (κ3) is 6.56. The van der Waals surface area contributed by atoms with E-state index in [4.69, 9.17) is 10.5 Å². The Bertz CT molecular complexity index is 2120. The molecule has 50 heavy (non-hydrogen) atoms. The fraction of sp³-hybridized carbons (Fsp3) is 0.133. The second-order valence-electron chi connectivity index (χ2n) is 9.43. The van der Waals surface area contributed by atoms with Gasteiger partial charge in [-0.2, -0.15) is 84.3 Å². The third-order valence-corrected chi connectivity index (χ3v) is 6.62. The van der Waals surface area contributed by atoms with Crippen molar-refractivity contribution < 1.29 is 61.5 Å². The first kappa shape index (κ1) is 37.8. The molecule has 3 aromatic rings. The van der Waals surface area contributed by atoms with Crippen LogP contribution in [-0.4, -0.2) is 0 Å². The summed E-state index contributed by atoms with van der Waals surface area (Å²) in [7, 11) is 0. The van der Waals surface area contributed by atoms with E-state index >= 15 is 8.78 Å². The zero-order valence-corrected chi connectivity index (χ0v) is 23.3. The predicted molar refractivity (Wildman–Crippen MR) is 134 cm³/mol. The molecule has 0 unspecified atom stereocenters. The second kappa shape index (κ2) is 12.8. The molecule has 0 aliphatic rings. The van der Waals surface area contributed by atoms with Gasteiger partial charge in [0.15, 0.2) is 11.6 Å². The normalized spacial score (nSPS) is 13.1. The highest BCUT2D eigenvalue weighted by Gasteiger charge is 2.43. The summed E-state index contributed by atoms with van der Waals surface area (Å²) in [5, 5.41) is 53.2. The van der Waals surface area contributed by atoms with Crippen molar-refractivity contribution in [1.82, 2.24) is 0 Å². The monoisotopic (exact) mass is 714 g/mol. The lowest BCUT2D eigenvalue weighted by Crippen LogP contribution is -2.31. The predicted octanol–water partition coefficient (Wildman–Crippen LogP) is 6.97. The highest BCUT2D eigenvalue weighted by atomic mass is 19.4. The van der Waals surface area contributed by atoms with Gasteiger partial charge >= 0.3 is 24.7 Å². The average Bonchev–Trinajstić information content (AvgIpc) is 3.01. The molecule has 6 nitrogen and oxygen atoms in total. The summed E-state index contributed by atoms with van der Waals surface area (Å²) in [6.45, 7) is 0. The summed E-state index contributed by atoms with van der Waals surface area (Å²) < 4.78 is 197. The summed E-state index contributed by atoms with van der Waals surface area (Å²) in [6.07, 6.45) is -23.0. The number of nitrogens with zero attached hydrogens (tertiary/aromatic N) is 6. The van der Waals surface area contributed by atoms with Crippen molar-refractivity contribution in [3.05, 3.63) is 102 Å². The smallest absolute Gasteiger partial charge is 0.205 e. The van der Waals surface area contributed by atoms with Crippen molar-refractivity contribution in [2.24, 2.45) is 0 Å². The summed E-state index contributed by atoms with van der Waals surface area (Å²) in [5.74, 6) is -4.67. The van der Waals surface area contributed by atoms with Crippen LogP contribution in [0, 0.1) is 79.6 Å². The zero-order chi connectivity index (χ0) is 38.3. The Kier molecular flexibility index (Phi) is 9.65.